The molecule has 1 aliphatic rings. The minimum Gasteiger partial charge on any atom is -0.317 e. The Morgan fingerprint density at radius 3 is 3.05 bits per heavy atom. The van der Waals surface area contributed by atoms with E-state index in [1.54, 1.807) is 15.2 Å². The van der Waals surface area contributed by atoms with Crippen LogP contribution in [-0.2, 0) is 16.6 Å². The predicted octanol–water partition coefficient (Wildman–Crippen LogP) is 1.01. The minimum atomic E-state index is -3.38. The number of hydrogen-bond acceptors (Lipinski definition) is 5. The quantitative estimate of drug-likeness (QED) is 0.755. The minimum absolute atomic E-state index is 0.317. The van der Waals surface area contributed by atoms with Gasteiger partial charge in [0.1, 0.15) is 4.90 Å². The number of nitrogens with one attached hydrogen (secondary N) is 1. The maximum absolute atomic E-state index is 12.6. The molecule has 2 heterocycles. The predicted molar refractivity (Wildman–Crippen MR) is 86.1 cm³/mol. The number of aryl methyl sites for hydroxylation is 1. The molecule has 0 atom stereocenters. The zero-order valence-electron chi connectivity index (χ0n) is 12.5. The molecule has 120 valence electrons. The van der Waals surface area contributed by atoms with Crippen LogP contribution in [0, 0.1) is 0 Å². The molecule has 6 nitrogen and oxygen atoms in total. The highest BCUT2D eigenvalue weighted by molar-refractivity contribution is 7.99. The highest BCUT2D eigenvalue weighted by Crippen LogP contribution is 2.19. The molecule has 0 spiro atoms. The van der Waals surface area contributed by atoms with E-state index in [2.05, 4.69) is 17.3 Å². The van der Waals surface area contributed by atoms with Gasteiger partial charge in [-0.05, 0) is 31.7 Å². The lowest BCUT2D eigenvalue weighted by Crippen LogP contribution is -2.32. The first-order valence-electron chi connectivity index (χ1n) is 7.45. The van der Waals surface area contributed by atoms with Crippen molar-refractivity contribution in [3.63, 3.8) is 0 Å². The molecule has 21 heavy (non-hydrogen) atoms. The van der Waals surface area contributed by atoms with Crippen molar-refractivity contribution < 1.29 is 8.42 Å². The van der Waals surface area contributed by atoms with Gasteiger partial charge in [-0.1, -0.05) is 6.92 Å². The lowest BCUT2D eigenvalue weighted by Gasteiger charge is -2.18. The van der Waals surface area contributed by atoms with Crippen molar-refractivity contribution in [2.45, 2.75) is 31.2 Å². The molecule has 0 amide bonds. The Labute approximate surface area is 131 Å². The van der Waals surface area contributed by atoms with E-state index >= 15 is 0 Å². The van der Waals surface area contributed by atoms with Gasteiger partial charge in [0.2, 0.25) is 10.0 Å². The Morgan fingerprint density at radius 1 is 1.38 bits per heavy atom. The summed E-state index contributed by atoms with van der Waals surface area (Å²) in [4.78, 5) is 0.317. The van der Waals surface area contributed by atoms with Gasteiger partial charge in [-0.15, -0.1) is 0 Å². The fraction of sp³-hybridized carbons (Fsp3) is 0.769. The van der Waals surface area contributed by atoms with E-state index < -0.39 is 10.0 Å². The van der Waals surface area contributed by atoms with Crippen LogP contribution in [0.4, 0.5) is 0 Å². The fourth-order valence-electron chi connectivity index (χ4n) is 2.26. The Bertz CT molecular complexity index is 522. The van der Waals surface area contributed by atoms with Crippen LogP contribution in [-0.4, -0.2) is 60.2 Å². The Balaban J connectivity index is 1.98. The first-order valence-corrected chi connectivity index (χ1v) is 10.0. The van der Waals surface area contributed by atoms with Crippen LogP contribution < -0.4 is 5.32 Å². The third kappa shape index (κ3) is 4.70. The molecular weight excluding hydrogens is 308 g/mol. The summed E-state index contributed by atoms with van der Waals surface area (Å²) in [6.07, 6.45) is 4.98. The van der Waals surface area contributed by atoms with Crippen LogP contribution in [0.15, 0.2) is 17.3 Å². The monoisotopic (exact) mass is 332 g/mol. The lowest BCUT2D eigenvalue weighted by molar-refractivity contribution is 0.435. The average Bonchev–Trinajstić information content (AvgIpc) is 2.77. The van der Waals surface area contributed by atoms with Crippen LogP contribution in [0.1, 0.15) is 19.8 Å². The summed E-state index contributed by atoms with van der Waals surface area (Å²) >= 11 is 1.82. The second-order valence-corrected chi connectivity index (χ2v) is 8.18. The highest BCUT2D eigenvalue weighted by atomic mass is 32.2. The van der Waals surface area contributed by atoms with Crippen molar-refractivity contribution in [3.8, 4) is 0 Å². The van der Waals surface area contributed by atoms with Gasteiger partial charge in [-0.25, -0.2) is 8.42 Å². The topological polar surface area (TPSA) is 67.2 Å². The van der Waals surface area contributed by atoms with Crippen molar-refractivity contribution in [1.82, 2.24) is 19.4 Å². The third-order valence-corrected chi connectivity index (χ3v) is 6.32. The van der Waals surface area contributed by atoms with Gasteiger partial charge < -0.3 is 5.32 Å². The number of rotatable bonds is 7. The lowest BCUT2D eigenvalue weighted by atomic mass is 10.4. The van der Waals surface area contributed by atoms with E-state index in [-0.39, 0.29) is 0 Å². The van der Waals surface area contributed by atoms with Crippen LogP contribution in [0.2, 0.25) is 0 Å². The van der Waals surface area contributed by atoms with E-state index in [0.717, 1.165) is 44.0 Å². The number of hydrogen-bond donors (Lipinski definition) is 1. The number of thioether (sulfide) groups is 1. The van der Waals surface area contributed by atoms with Crippen molar-refractivity contribution in [1.29, 1.82) is 0 Å². The van der Waals surface area contributed by atoms with Gasteiger partial charge in [0, 0.05) is 31.6 Å². The summed E-state index contributed by atoms with van der Waals surface area (Å²) < 4.78 is 28.5. The zero-order chi connectivity index (χ0) is 15.1. The highest BCUT2D eigenvalue weighted by Gasteiger charge is 2.26. The van der Waals surface area contributed by atoms with E-state index in [9.17, 15) is 8.42 Å². The van der Waals surface area contributed by atoms with Gasteiger partial charge >= 0.3 is 0 Å². The van der Waals surface area contributed by atoms with E-state index in [1.165, 1.54) is 6.20 Å². The second-order valence-electron chi connectivity index (χ2n) is 5.02. The molecule has 0 aromatic carbocycles. The molecule has 1 aromatic rings. The van der Waals surface area contributed by atoms with Gasteiger partial charge in [-0.2, -0.15) is 21.2 Å². The molecule has 0 radical (unpaired) electrons. The first-order chi connectivity index (χ1) is 10.1. The van der Waals surface area contributed by atoms with Crippen LogP contribution in [0.3, 0.4) is 0 Å². The van der Waals surface area contributed by atoms with Crippen LogP contribution in [0.25, 0.3) is 0 Å². The zero-order valence-corrected chi connectivity index (χ0v) is 14.1. The summed E-state index contributed by atoms with van der Waals surface area (Å²) in [7, 11) is -3.38. The van der Waals surface area contributed by atoms with E-state index in [1.807, 2.05) is 11.8 Å². The first kappa shape index (κ1) is 16.8. The molecule has 0 aliphatic carbocycles. The molecule has 0 unspecified atom stereocenters. The van der Waals surface area contributed by atoms with Gasteiger partial charge in [0.25, 0.3) is 0 Å². The smallest absolute Gasteiger partial charge is 0.246 e. The van der Waals surface area contributed by atoms with Crippen LogP contribution in [0.5, 0.6) is 0 Å². The Kier molecular flexibility index (Phi) is 6.53. The Hall–Kier alpha value is -0.570. The van der Waals surface area contributed by atoms with E-state index in [0.29, 0.717) is 18.0 Å². The molecular formula is C13H24N4O2S2. The molecule has 1 fully saturated rings. The number of nitrogens with zero attached hydrogens (tertiary/aromatic N) is 3. The van der Waals surface area contributed by atoms with Gasteiger partial charge in [0.05, 0.1) is 6.20 Å². The molecule has 0 bridgehead atoms. The van der Waals surface area contributed by atoms with Crippen molar-refractivity contribution >= 4 is 21.8 Å². The SMILES string of the molecule is CCNCCCn1cc(S(=O)(=O)N2CCCSCC2)cn1. The average molecular weight is 332 g/mol. The van der Waals surface area contributed by atoms with Crippen molar-refractivity contribution in [3.05, 3.63) is 12.4 Å². The Morgan fingerprint density at radius 2 is 2.24 bits per heavy atom. The summed E-state index contributed by atoms with van der Waals surface area (Å²) in [5, 5.41) is 7.42. The standard InChI is InChI=1S/C13H24N4O2S2/c1-2-14-5-3-6-16-12-13(11-15-16)21(18,19)17-7-4-9-20-10-8-17/h11-12,14H,2-10H2,1H3. The maximum atomic E-state index is 12.6. The molecule has 8 heteroatoms. The largest absolute Gasteiger partial charge is 0.317 e. The van der Waals surface area contributed by atoms with Gasteiger partial charge in [-0.3, -0.25) is 4.68 Å². The maximum Gasteiger partial charge on any atom is 0.246 e. The summed E-state index contributed by atoms with van der Waals surface area (Å²) in [6, 6.07) is 0. The van der Waals surface area contributed by atoms with Crippen molar-refractivity contribution in [2.24, 2.45) is 0 Å². The molecule has 1 N–H and O–H groups in total. The molecule has 0 saturated carbocycles. The van der Waals surface area contributed by atoms with Crippen LogP contribution >= 0.6 is 11.8 Å². The number of aromatic nitrogens is 2. The summed E-state index contributed by atoms with van der Waals surface area (Å²) in [6.45, 7) is 5.88. The van der Waals surface area contributed by atoms with Crippen molar-refractivity contribution in [2.75, 3.05) is 37.7 Å². The molecule has 2 rings (SSSR count). The fourth-order valence-corrected chi connectivity index (χ4v) is 4.69. The normalized spacial score (nSPS) is 17.8. The summed E-state index contributed by atoms with van der Waals surface area (Å²) in [5.74, 6) is 1.91. The third-order valence-electron chi connectivity index (χ3n) is 3.42. The van der Waals surface area contributed by atoms with Gasteiger partial charge in [0.15, 0.2) is 0 Å². The number of sulfonamides is 1. The molecule has 1 saturated heterocycles. The van der Waals surface area contributed by atoms with E-state index in [4.69, 9.17) is 0 Å². The molecule has 1 aliphatic heterocycles. The molecule has 1 aromatic heterocycles. The second kappa shape index (κ2) is 8.17. The summed E-state index contributed by atoms with van der Waals surface area (Å²) in [5.41, 5.74) is 0.